The molecule has 0 atom stereocenters. The van der Waals surface area contributed by atoms with E-state index < -0.39 is 5.97 Å². The quantitative estimate of drug-likeness (QED) is 0.897. The van der Waals surface area contributed by atoms with Crippen molar-refractivity contribution in [2.75, 3.05) is 0 Å². The predicted molar refractivity (Wildman–Crippen MR) is 69.8 cm³/mol. The monoisotopic (exact) mass is 262 g/mol. The first-order valence-corrected chi connectivity index (χ1v) is 6.52. The van der Waals surface area contributed by atoms with Crippen LogP contribution in [0.15, 0.2) is 24.5 Å². The Morgan fingerprint density at radius 3 is 2.94 bits per heavy atom. The van der Waals surface area contributed by atoms with Crippen molar-refractivity contribution in [3.8, 4) is 0 Å². The summed E-state index contributed by atoms with van der Waals surface area (Å²) in [6.45, 7) is 1.86. The SMILES string of the molecule is Cc1nc(CCc2cccnc2)sc1CC(=O)O. The highest BCUT2D eigenvalue weighted by Gasteiger charge is 2.10. The van der Waals surface area contributed by atoms with Crippen LogP contribution in [0.1, 0.15) is 21.1 Å². The van der Waals surface area contributed by atoms with Gasteiger partial charge in [-0.3, -0.25) is 9.78 Å². The van der Waals surface area contributed by atoms with Crippen LogP contribution in [0.25, 0.3) is 0 Å². The molecule has 0 amide bonds. The molecule has 0 saturated carbocycles. The van der Waals surface area contributed by atoms with Crippen LogP contribution in [0, 0.1) is 6.92 Å². The third-order valence-electron chi connectivity index (χ3n) is 2.60. The molecule has 0 aliphatic carbocycles. The first kappa shape index (κ1) is 12.7. The van der Waals surface area contributed by atoms with Gasteiger partial charge in [0.1, 0.15) is 0 Å². The van der Waals surface area contributed by atoms with E-state index in [1.54, 1.807) is 6.20 Å². The molecule has 94 valence electrons. The zero-order chi connectivity index (χ0) is 13.0. The van der Waals surface area contributed by atoms with Crippen molar-refractivity contribution in [1.29, 1.82) is 0 Å². The summed E-state index contributed by atoms with van der Waals surface area (Å²) < 4.78 is 0. The Hall–Kier alpha value is -1.75. The van der Waals surface area contributed by atoms with E-state index in [-0.39, 0.29) is 6.42 Å². The number of thiazole rings is 1. The van der Waals surface area contributed by atoms with Crippen molar-refractivity contribution in [1.82, 2.24) is 9.97 Å². The number of aryl methyl sites for hydroxylation is 3. The fraction of sp³-hybridized carbons (Fsp3) is 0.308. The normalized spacial score (nSPS) is 10.5. The minimum absolute atomic E-state index is 0.0659. The van der Waals surface area contributed by atoms with E-state index in [9.17, 15) is 4.79 Å². The van der Waals surface area contributed by atoms with E-state index in [4.69, 9.17) is 5.11 Å². The van der Waals surface area contributed by atoms with Gasteiger partial charge in [-0.2, -0.15) is 0 Å². The molecule has 0 saturated heterocycles. The molecular weight excluding hydrogens is 248 g/mol. The average molecular weight is 262 g/mol. The Kier molecular flexibility index (Phi) is 4.04. The summed E-state index contributed by atoms with van der Waals surface area (Å²) in [5.74, 6) is -0.805. The molecule has 18 heavy (non-hydrogen) atoms. The van der Waals surface area contributed by atoms with E-state index in [1.165, 1.54) is 16.9 Å². The zero-order valence-electron chi connectivity index (χ0n) is 10.1. The van der Waals surface area contributed by atoms with Crippen molar-refractivity contribution in [2.24, 2.45) is 0 Å². The van der Waals surface area contributed by atoms with Gasteiger partial charge in [0, 0.05) is 23.7 Å². The molecule has 0 bridgehead atoms. The molecule has 2 aromatic heterocycles. The van der Waals surface area contributed by atoms with E-state index in [0.29, 0.717) is 0 Å². The molecule has 0 aliphatic rings. The topological polar surface area (TPSA) is 63.1 Å². The largest absolute Gasteiger partial charge is 0.481 e. The van der Waals surface area contributed by atoms with E-state index >= 15 is 0 Å². The standard InChI is InChI=1S/C13H14N2O2S/c1-9-11(7-13(16)17)18-12(15-9)5-4-10-3-2-6-14-8-10/h2-3,6,8H,4-5,7H2,1H3,(H,16,17). The maximum absolute atomic E-state index is 10.7. The lowest BCUT2D eigenvalue weighted by Gasteiger charge is -1.97. The van der Waals surface area contributed by atoms with Gasteiger partial charge < -0.3 is 5.11 Å². The summed E-state index contributed by atoms with van der Waals surface area (Å²) in [6, 6.07) is 3.95. The van der Waals surface area contributed by atoms with Crippen LogP contribution >= 0.6 is 11.3 Å². The van der Waals surface area contributed by atoms with Crippen LogP contribution in [-0.2, 0) is 24.1 Å². The van der Waals surface area contributed by atoms with Crippen molar-refractivity contribution in [3.63, 3.8) is 0 Å². The molecule has 0 aliphatic heterocycles. The van der Waals surface area contributed by atoms with Gasteiger partial charge in [0.25, 0.3) is 0 Å². The van der Waals surface area contributed by atoms with Gasteiger partial charge >= 0.3 is 5.97 Å². The van der Waals surface area contributed by atoms with E-state index in [2.05, 4.69) is 9.97 Å². The van der Waals surface area contributed by atoms with Crippen LogP contribution in [0.2, 0.25) is 0 Å². The van der Waals surface area contributed by atoms with Crippen LogP contribution < -0.4 is 0 Å². The van der Waals surface area contributed by atoms with Crippen LogP contribution in [-0.4, -0.2) is 21.0 Å². The summed E-state index contributed by atoms with van der Waals surface area (Å²) in [7, 11) is 0. The number of carboxylic acids is 1. The third-order valence-corrected chi connectivity index (χ3v) is 3.82. The molecule has 2 rings (SSSR count). The molecule has 0 aromatic carbocycles. The van der Waals surface area contributed by atoms with Gasteiger partial charge in [0.2, 0.25) is 0 Å². The minimum atomic E-state index is -0.805. The zero-order valence-corrected chi connectivity index (χ0v) is 10.9. The van der Waals surface area contributed by atoms with Crippen molar-refractivity contribution in [2.45, 2.75) is 26.2 Å². The molecule has 5 heteroatoms. The van der Waals surface area contributed by atoms with Gasteiger partial charge in [0.05, 0.1) is 17.1 Å². The number of pyridine rings is 1. The lowest BCUT2D eigenvalue weighted by atomic mass is 10.2. The molecule has 0 fully saturated rings. The molecule has 0 spiro atoms. The summed E-state index contributed by atoms with van der Waals surface area (Å²) in [5.41, 5.74) is 2.01. The van der Waals surface area contributed by atoms with Crippen LogP contribution in [0.5, 0.6) is 0 Å². The van der Waals surface area contributed by atoms with Gasteiger partial charge in [-0.15, -0.1) is 11.3 Å². The van der Waals surface area contributed by atoms with Crippen molar-refractivity contribution in [3.05, 3.63) is 45.7 Å². The Morgan fingerprint density at radius 2 is 2.28 bits per heavy atom. The van der Waals surface area contributed by atoms with E-state index in [0.717, 1.165) is 28.4 Å². The van der Waals surface area contributed by atoms with Crippen LogP contribution in [0.4, 0.5) is 0 Å². The Bertz CT molecular complexity index is 537. The Balaban J connectivity index is 2.00. The van der Waals surface area contributed by atoms with E-state index in [1.807, 2.05) is 25.3 Å². The molecule has 2 aromatic rings. The van der Waals surface area contributed by atoms with Gasteiger partial charge in [-0.25, -0.2) is 4.98 Å². The lowest BCUT2D eigenvalue weighted by molar-refractivity contribution is -0.136. The number of nitrogens with zero attached hydrogens (tertiary/aromatic N) is 2. The molecule has 2 heterocycles. The van der Waals surface area contributed by atoms with Crippen molar-refractivity contribution >= 4 is 17.3 Å². The maximum Gasteiger partial charge on any atom is 0.308 e. The second-order valence-electron chi connectivity index (χ2n) is 4.05. The summed E-state index contributed by atoms with van der Waals surface area (Å²) in [6.07, 6.45) is 5.38. The number of aromatic nitrogens is 2. The summed E-state index contributed by atoms with van der Waals surface area (Å²) >= 11 is 1.49. The van der Waals surface area contributed by atoms with Crippen molar-refractivity contribution < 1.29 is 9.90 Å². The summed E-state index contributed by atoms with van der Waals surface area (Å²) in [4.78, 5) is 20.0. The fourth-order valence-corrected chi connectivity index (χ4v) is 2.75. The highest BCUT2D eigenvalue weighted by atomic mass is 32.1. The first-order chi connectivity index (χ1) is 8.65. The second kappa shape index (κ2) is 5.73. The molecule has 0 radical (unpaired) electrons. The van der Waals surface area contributed by atoms with Gasteiger partial charge in [0.15, 0.2) is 0 Å². The third kappa shape index (κ3) is 3.37. The van der Waals surface area contributed by atoms with Crippen LogP contribution in [0.3, 0.4) is 0 Å². The number of aliphatic carboxylic acids is 1. The number of carbonyl (C=O) groups is 1. The number of hydrogen-bond donors (Lipinski definition) is 1. The molecule has 0 unspecified atom stereocenters. The predicted octanol–water partition coefficient (Wildman–Crippen LogP) is 2.26. The average Bonchev–Trinajstić information content (AvgIpc) is 2.68. The number of rotatable bonds is 5. The van der Waals surface area contributed by atoms with Gasteiger partial charge in [-0.1, -0.05) is 6.07 Å². The molecular formula is C13H14N2O2S. The summed E-state index contributed by atoms with van der Waals surface area (Å²) in [5, 5.41) is 9.77. The smallest absolute Gasteiger partial charge is 0.308 e. The highest BCUT2D eigenvalue weighted by Crippen LogP contribution is 2.20. The first-order valence-electron chi connectivity index (χ1n) is 5.71. The lowest BCUT2D eigenvalue weighted by Crippen LogP contribution is -1.99. The fourth-order valence-electron chi connectivity index (χ4n) is 1.69. The molecule has 4 nitrogen and oxygen atoms in total. The Morgan fingerprint density at radius 1 is 1.44 bits per heavy atom. The Labute approximate surface area is 109 Å². The van der Waals surface area contributed by atoms with Gasteiger partial charge in [-0.05, 0) is 25.0 Å². The number of carboxylic acid groups (broad SMARTS) is 1. The maximum atomic E-state index is 10.7. The molecule has 1 N–H and O–H groups in total. The number of hydrogen-bond acceptors (Lipinski definition) is 4. The minimum Gasteiger partial charge on any atom is -0.481 e. The highest BCUT2D eigenvalue weighted by molar-refractivity contribution is 7.11. The second-order valence-corrected chi connectivity index (χ2v) is 5.22.